The van der Waals surface area contributed by atoms with Crippen LogP contribution in [0.25, 0.3) is 0 Å². The first kappa shape index (κ1) is 14.7. The summed E-state index contributed by atoms with van der Waals surface area (Å²) in [7, 11) is 5.24. The maximum Gasteiger partial charge on any atom is 0.254 e. The highest BCUT2D eigenvalue weighted by Crippen LogP contribution is 2.28. The van der Waals surface area contributed by atoms with Crippen molar-refractivity contribution in [1.82, 2.24) is 9.80 Å². The molecule has 20 heavy (non-hydrogen) atoms. The van der Waals surface area contributed by atoms with E-state index < -0.39 is 0 Å². The van der Waals surface area contributed by atoms with Crippen LogP contribution in [0.1, 0.15) is 17.3 Å². The maximum atomic E-state index is 12.5. The van der Waals surface area contributed by atoms with E-state index in [-0.39, 0.29) is 5.91 Å². The Bertz CT molecular complexity index is 490. The van der Waals surface area contributed by atoms with Gasteiger partial charge >= 0.3 is 0 Å². The average molecular weight is 278 g/mol. The third kappa shape index (κ3) is 2.88. The number of nitrogens with zero attached hydrogens (tertiary/aromatic N) is 2. The molecular weight excluding hydrogens is 256 g/mol. The molecule has 1 fully saturated rings. The maximum absolute atomic E-state index is 12.5. The minimum Gasteiger partial charge on any atom is -0.493 e. The van der Waals surface area contributed by atoms with Gasteiger partial charge in [0.15, 0.2) is 11.5 Å². The number of methoxy groups -OCH3 is 2. The van der Waals surface area contributed by atoms with E-state index in [9.17, 15) is 4.79 Å². The van der Waals surface area contributed by atoms with E-state index in [1.165, 1.54) is 0 Å². The molecular formula is C15H22N2O3. The molecule has 1 aromatic rings. The van der Waals surface area contributed by atoms with Crippen LogP contribution in [-0.2, 0) is 0 Å². The molecule has 110 valence electrons. The van der Waals surface area contributed by atoms with Crippen LogP contribution in [-0.4, -0.2) is 62.7 Å². The predicted octanol–water partition coefficient (Wildman–Crippen LogP) is 1.48. The Morgan fingerprint density at radius 3 is 2.50 bits per heavy atom. The normalized spacial score (nSPS) is 19.8. The molecule has 1 saturated heterocycles. The third-order valence-corrected chi connectivity index (χ3v) is 3.88. The molecule has 1 aliphatic heterocycles. The molecule has 0 bridgehead atoms. The fourth-order valence-electron chi connectivity index (χ4n) is 2.38. The van der Waals surface area contributed by atoms with Gasteiger partial charge in [-0.3, -0.25) is 4.79 Å². The number of hydrogen-bond donors (Lipinski definition) is 0. The van der Waals surface area contributed by atoms with Crippen molar-refractivity contribution in [3.05, 3.63) is 23.8 Å². The molecule has 0 saturated carbocycles. The van der Waals surface area contributed by atoms with E-state index in [1.807, 2.05) is 4.90 Å². The van der Waals surface area contributed by atoms with Crippen molar-refractivity contribution in [2.75, 3.05) is 40.9 Å². The number of likely N-dealkylation sites (N-methyl/N-ethyl adjacent to an activating group) is 1. The van der Waals surface area contributed by atoms with Gasteiger partial charge in [-0.25, -0.2) is 0 Å². The Morgan fingerprint density at radius 2 is 1.90 bits per heavy atom. The molecule has 0 aliphatic carbocycles. The summed E-state index contributed by atoms with van der Waals surface area (Å²) in [5.74, 6) is 1.27. The van der Waals surface area contributed by atoms with Crippen LogP contribution < -0.4 is 9.47 Å². The lowest BCUT2D eigenvalue weighted by molar-refractivity contribution is 0.0572. The number of ether oxygens (including phenoxy) is 2. The monoisotopic (exact) mass is 278 g/mol. The van der Waals surface area contributed by atoms with Crippen molar-refractivity contribution in [2.45, 2.75) is 13.0 Å². The molecule has 1 unspecified atom stereocenters. The summed E-state index contributed by atoms with van der Waals surface area (Å²) in [5, 5.41) is 0. The van der Waals surface area contributed by atoms with Crippen LogP contribution in [0.15, 0.2) is 18.2 Å². The molecule has 0 aromatic heterocycles. The minimum absolute atomic E-state index is 0.0471. The first-order valence-corrected chi connectivity index (χ1v) is 6.78. The van der Waals surface area contributed by atoms with E-state index in [1.54, 1.807) is 32.4 Å². The fraction of sp³-hybridized carbons (Fsp3) is 0.533. The summed E-state index contributed by atoms with van der Waals surface area (Å²) in [4.78, 5) is 16.7. The number of rotatable bonds is 3. The van der Waals surface area contributed by atoms with Crippen LogP contribution in [0.2, 0.25) is 0 Å². The predicted molar refractivity (Wildman–Crippen MR) is 77.5 cm³/mol. The van der Waals surface area contributed by atoms with Gasteiger partial charge in [0.2, 0.25) is 0 Å². The molecule has 0 N–H and O–H groups in total. The molecule has 1 amide bonds. The van der Waals surface area contributed by atoms with Gasteiger partial charge in [0.1, 0.15) is 0 Å². The summed E-state index contributed by atoms with van der Waals surface area (Å²) in [5.41, 5.74) is 0.638. The van der Waals surface area contributed by atoms with Gasteiger partial charge in [-0.05, 0) is 32.2 Å². The summed E-state index contributed by atoms with van der Waals surface area (Å²) in [6, 6.07) is 5.68. The molecule has 1 aromatic carbocycles. The second-order valence-corrected chi connectivity index (χ2v) is 5.15. The number of carbonyl (C=O) groups is 1. The van der Waals surface area contributed by atoms with Gasteiger partial charge in [0.25, 0.3) is 5.91 Å². The second-order valence-electron chi connectivity index (χ2n) is 5.15. The Hall–Kier alpha value is -1.75. The van der Waals surface area contributed by atoms with Crippen LogP contribution >= 0.6 is 0 Å². The van der Waals surface area contributed by atoms with E-state index in [0.717, 1.165) is 19.6 Å². The topological polar surface area (TPSA) is 42.0 Å². The number of benzene rings is 1. The summed E-state index contributed by atoms with van der Waals surface area (Å²) in [6.45, 7) is 4.55. The van der Waals surface area contributed by atoms with Crippen molar-refractivity contribution < 1.29 is 14.3 Å². The highest BCUT2D eigenvalue weighted by molar-refractivity contribution is 5.95. The molecule has 0 spiro atoms. The van der Waals surface area contributed by atoms with Crippen molar-refractivity contribution in [3.8, 4) is 11.5 Å². The molecule has 1 atom stereocenters. The largest absolute Gasteiger partial charge is 0.493 e. The van der Waals surface area contributed by atoms with E-state index in [4.69, 9.17) is 9.47 Å². The van der Waals surface area contributed by atoms with E-state index in [0.29, 0.717) is 23.1 Å². The van der Waals surface area contributed by atoms with Crippen molar-refractivity contribution in [3.63, 3.8) is 0 Å². The summed E-state index contributed by atoms with van der Waals surface area (Å²) in [6.07, 6.45) is 0. The molecule has 5 nitrogen and oxygen atoms in total. The molecule has 1 heterocycles. The van der Waals surface area contributed by atoms with Crippen molar-refractivity contribution in [1.29, 1.82) is 0 Å². The zero-order chi connectivity index (χ0) is 14.7. The lowest BCUT2D eigenvalue weighted by Crippen LogP contribution is -2.52. The first-order chi connectivity index (χ1) is 9.56. The van der Waals surface area contributed by atoms with Gasteiger partial charge < -0.3 is 19.3 Å². The standard InChI is InChI=1S/C15H22N2O3/c1-11-10-17(8-7-16(11)2)15(18)12-5-6-13(19-3)14(9-12)20-4/h5-6,9,11H,7-8,10H2,1-4H3. The Labute approximate surface area is 120 Å². The van der Waals surface area contributed by atoms with Crippen LogP contribution in [0.5, 0.6) is 11.5 Å². The smallest absolute Gasteiger partial charge is 0.254 e. The van der Waals surface area contributed by atoms with Crippen LogP contribution in [0.3, 0.4) is 0 Å². The Balaban J connectivity index is 2.17. The number of amides is 1. The van der Waals surface area contributed by atoms with Gasteiger partial charge in [0, 0.05) is 31.2 Å². The average Bonchev–Trinajstić information content (AvgIpc) is 2.48. The highest BCUT2D eigenvalue weighted by Gasteiger charge is 2.25. The van der Waals surface area contributed by atoms with Crippen LogP contribution in [0.4, 0.5) is 0 Å². The third-order valence-electron chi connectivity index (χ3n) is 3.88. The minimum atomic E-state index is 0.0471. The summed E-state index contributed by atoms with van der Waals surface area (Å²) >= 11 is 0. The first-order valence-electron chi connectivity index (χ1n) is 6.78. The van der Waals surface area contributed by atoms with Crippen molar-refractivity contribution in [2.24, 2.45) is 0 Å². The summed E-state index contributed by atoms with van der Waals surface area (Å²) < 4.78 is 10.4. The zero-order valence-electron chi connectivity index (χ0n) is 12.5. The van der Waals surface area contributed by atoms with E-state index in [2.05, 4.69) is 18.9 Å². The molecule has 1 aliphatic rings. The lowest BCUT2D eigenvalue weighted by Gasteiger charge is -2.37. The quantitative estimate of drug-likeness (QED) is 0.840. The van der Waals surface area contributed by atoms with Crippen molar-refractivity contribution >= 4 is 5.91 Å². The zero-order valence-corrected chi connectivity index (χ0v) is 12.5. The van der Waals surface area contributed by atoms with Gasteiger partial charge in [-0.2, -0.15) is 0 Å². The van der Waals surface area contributed by atoms with Gasteiger partial charge in [0.05, 0.1) is 14.2 Å². The molecule has 0 radical (unpaired) electrons. The number of carbonyl (C=O) groups excluding carboxylic acids is 1. The fourth-order valence-corrected chi connectivity index (χ4v) is 2.38. The Kier molecular flexibility index (Phi) is 4.49. The van der Waals surface area contributed by atoms with Gasteiger partial charge in [-0.15, -0.1) is 0 Å². The second kappa shape index (κ2) is 6.13. The number of piperazine rings is 1. The molecule has 2 rings (SSSR count). The lowest BCUT2D eigenvalue weighted by atomic mass is 10.1. The van der Waals surface area contributed by atoms with E-state index >= 15 is 0 Å². The Morgan fingerprint density at radius 1 is 1.20 bits per heavy atom. The number of hydrogen-bond acceptors (Lipinski definition) is 4. The molecule has 5 heteroatoms. The van der Waals surface area contributed by atoms with Gasteiger partial charge in [-0.1, -0.05) is 0 Å². The van der Waals surface area contributed by atoms with Crippen LogP contribution in [0, 0.1) is 0 Å². The highest BCUT2D eigenvalue weighted by atomic mass is 16.5. The SMILES string of the molecule is COc1ccc(C(=O)N2CCN(C)C(C)C2)cc1OC.